The summed E-state index contributed by atoms with van der Waals surface area (Å²) in [7, 11) is 0. The number of carbonyl (C=O) groups excluding carboxylic acids is 1. The minimum atomic E-state index is 0.0252. The Kier molecular flexibility index (Phi) is 4.38. The van der Waals surface area contributed by atoms with Gasteiger partial charge in [-0.05, 0) is 55.3 Å². The smallest absolute Gasteiger partial charge is 0.289 e. The minimum Gasteiger partial charge on any atom is -0.451 e. The van der Waals surface area contributed by atoms with Crippen molar-refractivity contribution in [3.05, 3.63) is 47.7 Å². The van der Waals surface area contributed by atoms with Crippen LogP contribution in [0.1, 0.15) is 42.3 Å². The predicted octanol–water partition coefficient (Wildman–Crippen LogP) is 3.72. The molecule has 4 rings (SSSR count). The van der Waals surface area contributed by atoms with E-state index in [1.165, 1.54) is 12.0 Å². The van der Waals surface area contributed by atoms with Gasteiger partial charge >= 0.3 is 0 Å². The molecule has 0 bridgehead atoms. The summed E-state index contributed by atoms with van der Waals surface area (Å²) >= 11 is 0. The van der Waals surface area contributed by atoms with Crippen LogP contribution in [0.15, 0.2) is 40.8 Å². The third-order valence-corrected chi connectivity index (χ3v) is 5.91. The highest BCUT2D eigenvalue weighted by Crippen LogP contribution is 2.37. The Morgan fingerprint density at radius 1 is 1.12 bits per heavy atom. The Balaban J connectivity index is 1.43. The number of hydrogen-bond acceptors (Lipinski definition) is 3. The molecular formula is C21H26N2O2. The molecule has 25 heavy (non-hydrogen) atoms. The summed E-state index contributed by atoms with van der Waals surface area (Å²) in [5.74, 6) is 1.24. The van der Waals surface area contributed by atoms with Crippen LogP contribution < -0.4 is 5.32 Å². The third kappa shape index (κ3) is 3.23. The van der Waals surface area contributed by atoms with Gasteiger partial charge in [0.1, 0.15) is 5.76 Å². The first-order valence-corrected chi connectivity index (χ1v) is 9.38. The summed E-state index contributed by atoms with van der Waals surface area (Å²) in [6, 6.07) is 12.1. The number of benzene rings is 1. The molecule has 1 spiro atoms. The first-order valence-electron chi connectivity index (χ1n) is 9.38. The topological polar surface area (TPSA) is 45.5 Å². The highest BCUT2D eigenvalue weighted by molar-refractivity contribution is 5.92. The summed E-state index contributed by atoms with van der Waals surface area (Å²) in [6.07, 6.45) is 4.46. The van der Waals surface area contributed by atoms with Gasteiger partial charge in [0.2, 0.25) is 0 Å². The molecule has 1 aromatic heterocycles. The van der Waals surface area contributed by atoms with E-state index in [-0.39, 0.29) is 5.91 Å². The minimum absolute atomic E-state index is 0.0252. The number of rotatable bonds is 3. The zero-order valence-electron chi connectivity index (χ0n) is 14.9. The molecule has 2 fully saturated rings. The monoisotopic (exact) mass is 338 g/mol. The van der Waals surface area contributed by atoms with Gasteiger partial charge in [0, 0.05) is 25.2 Å². The molecule has 1 amide bonds. The maximum atomic E-state index is 12.8. The van der Waals surface area contributed by atoms with Gasteiger partial charge in [-0.15, -0.1) is 0 Å². The SMILES string of the molecule is CCc1ccc(-c2ccc(C(=O)N3CCC4(CCNC4)CC3)o2)cc1. The average Bonchev–Trinajstić information content (AvgIpc) is 3.32. The van der Waals surface area contributed by atoms with Crippen molar-refractivity contribution in [3.8, 4) is 11.3 Å². The second-order valence-electron chi connectivity index (χ2n) is 7.43. The van der Waals surface area contributed by atoms with Gasteiger partial charge in [-0.1, -0.05) is 31.2 Å². The third-order valence-electron chi connectivity index (χ3n) is 5.91. The lowest BCUT2D eigenvalue weighted by atomic mass is 9.78. The molecule has 2 aromatic rings. The van der Waals surface area contributed by atoms with E-state index in [4.69, 9.17) is 4.42 Å². The van der Waals surface area contributed by atoms with Gasteiger partial charge in [0.15, 0.2) is 5.76 Å². The highest BCUT2D eigenvalue weighted by atomic mass is 16.4. The first kappa shape index (κ1) is 16.4. The van der Waals surface area contributed by atoms with Crippen LogP contribution in [0.3, 0.4) is 0 Å². The molecule has 3 heterocycles. The van der Waals surface area contributed by atoms with Crippen molar-refractivity contribution in [1.29, 1.82) is 0 Å². The van der Waals surface area contributed by atoms with Gasteiger partial charge in [0.05, 0.1) is 0 Å². The first-order chi connectivity index (χ1) is 12.2. The van der Waals surface area contributed by atoms with Crippen LogP contribution in [-0.2, 0) is 6.42 Å². The van der Waals surface area contributed by atoms with Gasteiger partial charge < -0.3 is 14.6 Å². The fourth-order valence-electron chi connectivity index (χ4n) is 4.07. The predicted molar refractivity (Wildman–Crippen MR) is 98.6 cm³/mol. The second kappa shape index (κ2) is 6.68. The van der Waals surface area contributed by atoms with Crippen LogP contribution in [0.2, 0.25) is 0 Å². The number of furan rings is 1. The lowest BCUT2D eigenvalue weighted by Gasteiger charge is -2.38. The Bertz CT molecular complexity index is 732. The molecule has 0 unspecified atom stereocenters. The highest BCUT2D eigenvalue weighted by Gasteiger charge is 2.38. The van der Waals surface area contributed by atoms with E-state index in [1.54, 1.807) is 0 Å². The van der Waals surface area contributed by atoms with E-state index in [9.17, 15) is 4.79 Å². The van der Waals surface area contributed by atoms with Gasteiger partial charge in [-0.25, -0.2) is 0 Å². The number of piperidine rings is 1. The number of amides is 1. The maximum Gasteiger partial charge on any atom is 0.289 e. The molecule has 0 aliphatic carbocycles. The van der Waals surface area contributed by atoms with Crippen LogP contribution in [-0.4, -0.2) is 37.0 Å². The zero-order valence-corrected chi connectivity index (χ0v) is 14.9. The fraction of sp³-hybridized carbons (Fsp3) is 0.476. The lowest BCUT2D eigenvalue weighted by molar-refractivity contribution is 0.0578. The van der Waals surface area contributed by atoms with Crippen LogP contribution >= 0.6 is 0 Å². The van der Waals surface area contributed by atoms with Crippen molar-refractivity contribution in [2.24, 2.45) is 5.41 Å². The molecule has 0 saturated carbocycles. The van der Waals surface area contributed by atoms with Gasteiger partial charge in [-0.3, -0.25) is 4.79 Å². The molecule has 0 atom stereocenters. The Morgan fingerprint density at radius 3 is 2.52 bits per heavy atom. The summed E-state index contributed by atoms with van der Waals surface area (Å²) in [6.45, 7) is 6.03. The molecule has 4 nitrogen and oxygen atoms in total. The maximum absolute atomic E-state index is 12.8. The Morgan fingerprint density at radius 2 is 1.88 bits per heavy atom. The molecule has 1 N–H and O–H groups in total. The van der Waals surface area contributed by atoms with Crippen LogP contribution in [0, 0.1) is 5.41 Å². The van der Waals surface area contributed by atoms with E-state index in [0.717, 1.165) is 56.8 Å². The standard InChI is InChI=1S/C21H26N2O2/c1-2-16-3-5-17(6-4-16)18-7-8-19(25-18)20(24)23-13-10-21(11-14-23)9-12-22-15-21/h3-8,22H,2,9-15H2,1H3. The van der Waals surface area contributed by atoms with Crippen molar-refractivity contribution in [2.45, 2.75) is 32.6 Å². The largest absolute Gasteiger partial charge is 0.451 e. The zero-order chi connectivity index (χ0) is 17.3. The van der Waals surface area contributed by atoms with E-state index < -0.39 is 0 Å². The summed E-state index contributed by atoms with van der Waals surface area (Å²) in [4.78, 5) is 14.7. The van der Waals surface area contributed by atoms with Crippen LogP contribution in [0.5, 0.6) is 0 Å². The molecule has 4 heteroatoms. The fourth-order valence-corrected chi connectivity index (χ4v) is 4.07. The Hall–Kier alpha value is -2.07. The number of nitrogens with zero attached hydrogens (tertiary/aromatic N) is 1. The second-order valence-corrected chi connectivity index (χ2v) is 7.43. The lowest BCUT2D eigenvalue weighted by Crippen LogP contribution is -2.43. The average molecular weight is 338 g/mol. The van der Waals surface area contributed by atoms with Crippen molar-refractivity contribution in [3.63, 3.8) is 0 Å². The number of likely N-dealkylation sites (tertiary alicyclic amines) is 1. The van der Waals surface area contributed by atoms with Gasteiger partial charge in [0.25, 0.3) is 5.91 Å². The van der Waals surface area contributed by atoms with E-state index in [2.05, 4.69) is 36.5 Å². The molecule has 132 valence electrons. The molecule has 1 aromatic carbocycles. The molecule has 2 aliphatic rings. The van der Waals surface area contributed by atoms with Crippen molar-refractivity contribution >= 4 is 5.91 Å². The summed E-state index contributed by atoms with van der Waals surface area (Å²) in [5.41, 5.74) is 2.74. The molecule has 0 radical (unpaired) electrons. The number of nitrogens with one attached hydrogen (secondary N) is 1. The van der Waals surface area contributed by atoms with Crippen LogP contribution in [0.4, 0.5) is 0 Å². The van der Waals surface area contributed by atoms with Crippen molar-refractivity contribution in [1.82, 2.24) is 10.2 Å². The van der Waals surface area contributed by atoms with Crippen molar-refractivity contribution in [2.75, 3.05) is 26.2 Å². The number of hydrogen-bond donors (Lipinski definition) is 1. The summed E-state index contributed by atoms with van der Waals surface area (Å²) in [5, 5.41) is 3.47. The number of aryl methyl sites for hydroxylation is 1. The molecular weight excluding hydrogens is 312 g/mol. The van der Waals surface area contributed by atoms with E-state index >= 15 is 0 Å². The summed E-state index contributed by atoms with van der Waals surface area (Å²) < 4.78 is 5.87. The molecule has 2 saturated heterocycles. The normalized spacial score (nSPS) is 19.5. The Labute approximate surface area is 149 Å². The van der Waals surface area contributed by atoms with Crippen LogP contribution in [0.25, 0.3) is 11.3 Å². The van der Waals surface area contributed by atoms with Gasteiger partial charge in [-0.2, -0.15) is 0 Å². The van der Waals surface area contributed by atoms with Crippen molar-refractivity contribution < 1.29 is 9.21 Å². The quantitative estimate of drug-likeness (QED) is 0.927. The molecule has 2 aliphatic heterocycles. The van der Waals surface area contributed by atoms with E-state index in [0.29, 0.717) is 11.2 Å². The number of carbonyl (C=O) groups is 1. The van der Waals surface area contributed by atoms with E-state index in [1.807, 2.05) is 17.0 Å².